The van der Waals surface area contributed by atoms with Crippen molar-refractivity contribution in [3.05, 3.63) is 52.0 Å². The number of carboxylic acids is 2. The van der Waals surface area contributed by atoms with Gasteiger partial charge in [0.1, 0.15) is 11.7 Å². The summed E-state index contributed by atoms with van der Waals surface area (Å²) in [5.74, 6) is -4.58. The van der Waals surface area contributed by atoms with E-state index in [1.807, 2.05) is 58.3 Å². The number of nitrogens with one attached hydrogen (secondary N) is 2. The molecule has 1 saturated heterocycles. The molecule has 0 radical (unpaired) electrons. The van der Waals surface area contributed by atoms with Crippen LogP contribution < -0.4 is 10.6 Å². The molecule has 0 saturated carbocycles. The first-order valence-corrected chi connectivity index (χ1v) is 19.2. The summed E-state index contributed by atoms with van der Waals surface area (Å²) in [7, 11) is 3.80. The number of carbonyl (C=O) groups excluding carboxylic acids is 3. The number of benzene rings is 1. The van der Waals surface area contributed by atoms with Crippen molar-refractivity contribution >= 4 is 41.0 Å². The number of likely N-dealkylation sites (N-methyl/N-ethyl adjacent to an activating group) is 2. The number of likely N-dealkylation sites (tertiary alicyclic amines) is 1. The van der Waals surface area contributed by atoms with Crippen molar-refractivity contribution in [2.24, 2.45) is 17.8 Å². The van der Waals surface area contributed by atoms with E-state index in [-0.39, 0.29) is 47.7 Å². The summed E-state index contributed by atoms with van der Waals surface area (Å²) in [6, 6.07) is 8.45. The minimum atomic E-state index is -5.08. The second-order valence-electron chi connectivity index (χ2n) is 14.4. The summed E-state index contributed by atoms with van der Waals surface area (Å²) in [6.07, 6.45) is 0.658. The number of nitrogens with zero attached hydrogens (tertiary/aromatic N) is 3. The molecule has 1 aromatic carbocycles. The van der Waals surface area contributed by atoms with Crippen molar-refractivity contribution < 1.29 is 47.4 Å². The van der Waals surface area contributed by atoms with Gasteiger partial charge in [-0.1, -0.05) is 77.8 Å². The number of aryl methyl sites for hydroxylation is 1. The summed E-state index contributed by atoms with van der Waals surface area (Å²) in [5.41, 5.74) is 1.33. The van der Waals surface area contributed by atoms with Gasteiger partial charge in [-0.05, 0) is 63.1 Å². The molecular weight excluding hydrogens is 728 g/mol. The molecule has 1 aliphatic heterocycles. The van der Waals surface area contributed by atoms with Crippen molar-refractivity contribution in [2.75, 3.05) is 20.6 Å². The lowest BCUT2D eigenvalue weighted by Gasteiger charge is -2.37. The maximum atomic E-state index is 13.9. The molecule has 0 aliphatic carbocycles. The van der Waals surface area contributed by atoms with E-state index >= 15 is 0 Å². The molecule has 3 rings (SSSR count). The Balaban J connectivity index is 0.00000131. The number of amides is 3. The Morgan fingerprint density at radius 3 is 2.20 bits per heavy atom. The van der Waals surface area contributed by atoms with E-state index in [1.54, 1.807) is 17.2 Å². The number of carbonyl (C=O) groups is 5. The van der Waals surface area contributed by atoms with Gasteiger partial charge in [-0.15, -0.1) is 11.3 Å². The summed E-state index contributed by atoms with van der Waals surface area (Å²) in [6.45, 7) is 10.8. The normalized spacial score (nSPS) is 17.6. The number of piperidine rings is 1. The van der Waals surface area contributed by atoms with Crippen molar-refractivity contribution in [1.82, 2.24) is 25.4 Å². The molecule has 4 N–H and O–H groups in total. The summed E-state index contributed by atoms with van der Waals surface area (Å²) < 4.78 is 31.7. The van der Waals surface area contributed by atoms with Gasteiger partial charge in [0.15, 0.2) is 0 Å². The zero-order valence-corrected chi connectivity index (χ0v) is 33.0. The van der Waals surface area contributed by atoms with Gasteiger partial charge >= 0.3 is 18.1 Å². The largest absolute Gasteiger partial charge is 0.490 e. The number of alkyl halides is 3. The fraction of sp³-hybridized carbons (Fsp3) is 0.632. The second-order valence-corrected chi connectivity index (χ2v) is 15.4. The molecule has 0 spiro atoms. The first-order valence-electron chi connectivity index (χ1n) is 18.4. The Bertz CT molecular complexity index is 1520. The number of hydrogen-bond acceptors (Lipinski definition) is 8. The molecule has 2 heterocycles. The average Bonchev–Trinajstić information content (AvgIpc) is 3.59. The van der Waals surface area contributed by atoms with Crippen LogP contribution in [0.15, 0.2) is 35.7 Å². The Kier molecular flexibility index (Phi) is 18.6. The highest BCUT2D eigenvalue weighted by atomic mass is 32.1. The molecule has 16 heteroatoms. The SMILES string of the molecule is CCC(C)C(NC(=O)[C@H]1CCCCN1C)C(=O)N(C)[C@H](CCc1nc(C(=O)N[C@@H](Cc2ccccc2)C[C@H](C)C(=O)O)cs1)C(C)C.O=C(O)C(F)(F)F. The van der Waals surface area contributed by atoms with Crippen LogP contribution in [0.5, 0.6) is 0 Å². The number of carboxylic acid groups (broad SMARTS) is 2. The molecule has 0 bridgehead atoms. The third-order valence-corrected chi connectivity index (χ3v) is 10.8. The maximum absolute atomic E-state index is 13.9. The number of thiazole rings is 1. The van der Waals surface area contributed by atoms with Crippen molar-refractivity contribution in [3.63, 3.8) is 0 Å². The molecule has 2 aromatic rings. The van der Waals surface area contributed by atoms with E-state index in [9.17, 15) is 37.5 Å². The number of aromatic nitrogens is 1. The molecule has 302 valence electrons. The lowest BCUT2D eigenvalue weighted by Crippen LogP contribution is -2.57. The third-order valence-electron chi connectivity index (χ3n) is 9.87. The van der Waals surface area contributed by atoms with Gasteiger partial charge in [0.05, 0.1) is 17.0 Å². The highest BCUT2D eigenvalue weighted by molar-refractivity contribution is 7.09. The summed E-state index contributed by atoms with van der Waals surface area (Å²) in [4.78, 5) is 69.4. The molecule has 3 amide bonds. The van der Waals surface area contributed by atoms with Crippen LogP contribution in [-0.2, 0) is 32.0 Å². The van der Waals surface area contributed by atoms with Crippen LogP contribution in [0.25, 0.3) is 0 Å². The third kappa shape index (κ3) is 14.6. The zero-order valence-electron chi connectivity index (χ0n) is 32.2. The minimum absolute atomic E-state index is 0.0140. The van der Waals surface area contributed by atoms with Gasteiger partial charge in [-0.2, -0.15) is 13.2 Å². The van der Waals surface area contributed by atoms with Crippen molar-refractivity contribution in [2.45, 2.75) is 116 Å². The summed E-state index contributed by atoms with van der Waals surface area (Å²) >= 11 is 1.41. The first kappa shape index (κ1) is 46.1. The van der Waals surface area contributed by atoms with Crippen LogP contribution >= 0.6 is 11.3 Å². The van der Waals surface area contributed by atoms with Gasteiger partial charge in [0.2, 0.25) is 11.8 Å². The van der Waals surface area contributed by atoms with Crippen LogP contribution in [0.4, 0.5) is 13.2 Å². The predicted molar refractivity (Wildman–Crippen MR) is 200 cm³/mol. The topological polar surface area (TPSA) is 169 Å². The molecule has 6 atom stereocenters. The number of hydrogen-bond donors (Lipinski definition) is 4. The van der Waals surface area contributed by atoms with Gasteiger partial charge in [-0.3, -0.25) is 24.1 Å². The van der Waals surface area contributed by atoms with Crippen molar-refractivity contribution in [1.29, 1.82) is 0 Å². The Hall–Kier alpha value is -4.05. The number of rotatable bonds is 17. The van der Waals surface area contributed by atoms with E-state index in [1.165, 1.54) is 11.3 Å². The fourth-order valence-electron chi connectivity index (χ4n) is 6.38. The Morgan fingerprint density at radius 2 is 1.67 bits per heavy atom. The van der Waals surface area contributed by atoms with Gasteiger partial charge in [0.25, 0.3) is 5.91 Å². The predicted octanol–water partition coefficient (Wildman–Crippen LogP) is 5.66. The van der Waals surface area contributed by atoms with E-state index in [0.717, 1.165) is 42.8 Å². The van der Waals surface area contributed by atoms with Crippen LogP contribution in [0.1, 0.15) is 94.2 Å². The molecule has 1 aromatic heterocycles. The Morgan fingerprint density at radius 1 is 1.04 bits per heavy atom. The monoisotopic (exact) mass is 783 g/mol. The van der Waals surface area contributed by atoms with Gasteiger partial charge < -0.3 is 25.7 Å². The minimum Gasteiger partial charge on any atom is -0.481 e. The van der Waals surface area contributed by atoms with Gasteiger partial charge in [0, 0.05) is 30.9 Å². The standard InChI is InChI=1S/C36H55N5O5S.C2HF3O2/c1-8-24(4)32(39-34(43)30-16-12-13-19-40(30)6)35(44)41(7)29(23(2)3)17-18-31-38-28(22-47-31)33(42)37-27(20-25(5)36(45)46)21-26-14-10-9-11-15-26;3-2(4,5)1(6)7/h9-11,14-15,22-25,27,29-30,32H,8,12-13,16-21H2,1-7H3,(H,37,42)(H,39,43)(H,45,46);(H,6,7)/t24?,25-,27+,29+,30+,32?;/m0./s1. The number of aliphatic carboxylic acids is 2. The van der Waals surface area contributed by atoms with E-state index < -0.39 is 30.1 Å². The van der Waals surface area contributed by atoms with Crippen molar-refractivity contribution in [3.8, 4) is 0 Å². The molecule has 1 aliphatic rings. The molecule has 54 heavy (non-hydrogen) atoms. The lowest BCUT2D eigenvalue weighted by molar-refractivity contribution is -0.192. The molecular formula is C38H56F3N5O7S. The summed E-state index contributed by atoms with van der Waals surface area (Å²) in [5, 5.41) is 25.3. The molecule has 12 nitrogen and oxygen atoms in total. The van der Waals surface area contributed by atoms with E-state index in [4.69, 9.17) is 9.90 Å². The van der Waals surface area contributed by atoms with Crippen LogP contribution in [0.3, 0.4) is 0 Å². The highest BCUT2D eigenvalue weighted by Crippen LogP contribution is 2.23. The van der Waals surface area contributed by atoms with Crippen LogP contribution in [0.2, 0.25) is 0 Å². The molecule has 1 fully saturated rings. The first-order chi connectivity index (χ1) is 25.3. The maximum Gasteiger partial charge on any atom is 0.490 e. The highest BCUT2D eigenvalue weighted by Gasteiger charge is 2.38. The number of halogens is 3. The second kappa shape index (κ2) is 21.7. The zero-order chi connectivity index (χ0) is 40.7. The Labute approximate surface area is 319 Å². The quantitative estimate of drug-likeness (QED) is 0.158. The van der Waals surface area contributed by atoms with E-state index in [0.29, 0.717) is 31.4 Å². The lowest BCUT2D eigenvalue weighted by atomic mass is 9.93. The smallest absolute Gasteiger partial charge is 0.481 e. The van der Waals surface area contributed by atoms with E-state index in [2.05, 4.69) is 34.4 Å². The van der Waals surface area contributed by atoms with Crippen LogP contribution in [0, 0.1) is 17.8 Å². The average molecular weight is 784 g/mol. The van der Waals surface area contributed by atoms with Crippen LogP contribution in [-0.4, -0.2) is 106 Å². The molecule has 2 unspecified atom stereocenters. The van der Waals surface area contributed by atoms with Gasteiger partial charge in [-0.25, -0.2) is 9.78 Å². The fourth-order valence-corrected chi connectivity index (χ4v) is 7.17.